The topological polar surface area (TPSA) is 17.3 Å². The molecule has 0 unspecified atom stereocenters. The van der Waals surface area contributed by atoms with Crippen LogP contribution in [0.1, 0.15) is 0 Å². The third-order valence-corrected chi connectivity index (χ3v) is 2.91. The lowest BCUT2D eigenvalue weighted by Gasteiger charge is -2.01. The molecule has 0 radical (unpaired) electrons. The number of halogens is 1. The van der Waals surface area contributed by atoms with E-state index in [-0.39, 0.29) is 0 Å². The number of aromatic nitrogens is 2. The van der Waals surface area contributed by atoms with Crippen LogP contribution in [-0.4, -0.2) is 9.38 Å². The van der Waals surface area contributed by atoms with E-state index in [2.05, 4.69) is 45.3 Å². The largest absolute Gasteiger partial charge is 0.305 e. The van der Waals surface area contributed by atoms with Crippen molar-refractivity contribution in [1.82, 2.24) is 9.38 Å². The van der Waals surface area contributed by atoms with Gasteiger partial charge in [0.2, 0.25) is 0 Å². The minimum Gasteiger partial charge on any atom is -0.305 e. The summed E-state index contributed by atoms with van der Waals surface area (Å²) >= 11 is 3.37. The first-order chi connectivity index (χ1) is 7.83. The smallest absolute Gasteiger partial charge is 0.138 e. The fourth-order valence-electron chi connectivity index (χ4n) is 1.76. The number of rotatable bonds is 1. The summed E-state index contributed by atoms with van der Waals surface area (Å²) in [5.41, 5.74) is 3.36. The highest BCUT2D eigenvalue weighted by Gasteiger charge is 2.01. The summed E-state index contributed by atoms with van der Waals surface area (Å²) < 4.78 is 2.88. The molecule has 0 saturated carbocycles. The Balaban J connectivity index is 2.18. The van der Waals surface area contributed by atoms with Crippen LogP contribution < -0.4 is 0 Å². The van der Waals surface area contributed by atoms with Crippen LogP contribution in [0.3, 0.4) is 0 Å². The van der Waals surface area contributed by atoms with Crippen molar-refractivity contribution in [2.45, 2.75) is 0 Å². The molecule has 0 aliphatic heterocycles. The van der Waals surface area contributed by atoms with Gasteiger partial charge in [0, 0.05) is 12.4 Å². The van der Waals surface area contributed by atoms with Crippen LogP contribution in [0.25, 0.3) is 16.8 Å². The molecule has 0 aliphatic carbocycles. The molecule has 0 spiro atoms. The molecule has 0 N–H and O–H groups in total. The highest BCUT2D eigenvalue weighted by molar-refractivity contribution is 9.10. The second-order valence-electron chi connectivity index (χ2n) is 3.61. The molecule has 2 aromatic heterocycles. The van der Waals surface area contributed by atoms with Crippen molar-refractivity contribution in [2.75, 3.05) is 0 Å². The molecule has 0 saturated heterocycles. The number of pyridine rings is 1. The lowest BCUT2D eigenvalue weighted by atomic mass is 10.1. The van der Waals surface area contributed by atoms with Gasteiger partial charge in [0.15, 0.2) is 0 Å². The Bertz CT molecular complexity index is 629. The second kappa shape index (κ2) is 3.76. The van der Waals surface area contributed by atoms with Gasteiger partial charge in [-0.2, -0.15) is 0 Å². The van der Waals surface area contributed by atoms with Crippen molar-refractivity contribution in [3.8, 4) is 11.1 Å². The highest BCUT2D eigenvalue weighted by Crippen LogP contribution is 2.20. The van der Waals surface area contributed by atoms with Crippen LogP contribution in [0.5, 0.6) is 0 Å². The second-order valence-corrected chi connectivity index (χ2v) is 4.43. The number of fused-ring (bicyclic) bond motifs is 1. The number of nitrogens with zero attached hydrogens (tertiary/aromatic N) is 2. The zero-order chi connectivity index (χ0) is 11.0. The Kier molecular flexibility index (Phi) is 2.26. The fourth-order valence-corrected chi connectivity index (χ4v) is 2.16. The Hall–Kier alpha value is -1.61. The predicted octanol–water partition coefficient (Wildman–Crippen LogP) is 3.76. The standard InChI is InChI=1S/C13H9BrN2/c14-12-9-16-8-11(6-7-13(16)15-12)10-4-2-1-3-5-10/h1-9H. The molecule has 0 aliphatic rings. The molecule has 16 heavy (non-hydrogen) atoms. The molecule has 3 rings (SSSR count). The molecule has 0 fully saturated rings. The Labute approximate surface area is 102 Å². The van der Waals surface area contributed by atoms with Gasteiger partial charge in [-0.1, -0.05) is 30.3 Å². The number of hydrogen-bond donors (Lipinski definition) is 0. The molecule has 0 atom stereocenters. The molecule has 0 amide bonds. The molecular formula is C13H9BrN2. The van der Waals surface area contributed by atoms with E-state index in [4.69, 9.17) is 0 Å². The minimum absolute atomic E-state index is 0.859. The van der Waals surface area contributed by atoms with Crippen LogP contribution in [0.2, 0.25) is 0 Å². The Morgan fingerprint density at radius 2 is 1.69 bits per heavy atom. The molecule has 1 aromatic carbocycles. The molecule has 3 aromatic rings. The van der Waals surface area contributed by atoms with Crippen LogP contribution in [-0.2, 0) is 0 Å². The van der Waals surface area contributed by atoms with E-state index in [1.807, 2.05) is 34.9 Å². The molecular weight excluding hydrogens is 264 g/mol. The summed E-state index contributed by atoms with van der Waals surface area (Å²) in [5.74, 6) is 0. The maximum Gasteiger partial charge on any atom is 0.138 e. The van der Waals surface area contributed by atoms with E-state index in [0.29, 0.717) is 0 Å². The quantitative estimate of drug-likeness (QED) is 0.659. The van der Waals surface area contributed by atoms with Crippen molar-refractivity contribution >= 4 is 21.6 Å². The van der Waals surface area contributed by atoms with E-state index >= 15 is 0 Å². The first-order valence-corrected chi connectivity index (χ1v) is 5.82. The summed E-state index contributed by atoms with van der Waals surface area (Å²) in [6, 6.07) is 14.4. The van der Waals surface area contributed by atoms with Crippen LogP contribution in [0.15, 0.2) is 59.5 Å². The Morgan fingerprint density at radius 3 is 2.50 bits per heavy atom. The van der Waals surface area contributed by atoms with Crippen molar-refractivity contribution in [1.29, 1.82) is 0 Å². The van der Waals surface area contributed by atoms with Gasteiger partial charge in [-0.15, -0.1) is 0 Å². The molecule has 3 heteroatoms. The lowest BCUT2D eigenvalue weighted by Crippen LogP contribution is -1.84. The summed E-state index contributed by atoms with van der Waals surface area (Å²) in [4.78, 5) is 4.33. The maximum absolute atomic E-state index is 4.33. The van der Waals surface area contributed by atoms with E-state index in [9.17, 15) is 0 Å². The third-order valence-electron chi connectivity index (χ3n) is 2.53. The number of benzene rings is 1. The predicted molar refractivity (Wildman–Crippen MR) is 68.3 cm³/mol. The SMILES string of the molecule is Brc1cn2cc(-c3ccccc3)ccc2n1. The van der Waals surface area contributed by atoms with Gasteiger partial charge in [0.25, 0.3) is 0 Å². The zero-order valence-electron chi connectivity index (χ0n) is 8.47. The van der Waals surface area contributed by atoms with Gasteiger partial charge in [-0.3, -0.25) is 0 Å². The van der Waals surface area contributed by atoms with Gasteiger partial charge in [-0.05, 0) is 39.2 Å². The van der Waals surface area contributed by atoms with Gasteiger partial charge in [-0.25, -0.2) is 4.98 Å². The van der Waals surface area contributed by atoms with Gasteiger partial charge >= 0.3 is 0 Å². The summed E-state index contributed by atoms with van der Waals surface area (Å²) in [5, 5.41) is 0. The van der Waals surface area contributed by atoms with Gasteiger partial charge in [0.05, 0.1) is 0 Å². The first-order valence-electron chi connectivity index (χ1n) is 5.02. The molecule has 78 valence electrons. The fraction of sp³-hybridized carbons (Fsp3) is 0. The monoisotopic (exact) mass is 272 g/mol. The van der Waals surface area contributed by atoms with E-state index < -0.39 is 0 Å². The molecule has 0 bridgehead atoms. The normalized spacial score (nSPS) is 10.8. The van der Waals surface area contributed by atoms with Crippen molar-refractivity contribution in [3.05, 3.63) is 59.5 Å². The maximum atomic E-state index is 4.33. The van der Waals surface area contributed by atoms with Crippen LogP contribution in [0, 0.1) is 0 Å². The molecule has 2 heterocycles. The van der Waals surface area contributed by atoms with E-state index in [1.54, 1.807) is 0 Å². The van der Waals surface area contributed by atoms with Crippen molar-refractivity contribution < 1.29 is 0 Å². The van der Waals surface area contributed by atoms with Gasteiger partial charge < -0.3 is 4.40 Å². The summed E-state index contributed by atoms with van der Waals surface area (Å²) in [6.45, 7) is 0. The molecule has 2 nitrogen and oxygen atoms in total. The van der Waals surface area contributed by atoms with Crippen LogP contribution in [0.4, 0.5) is 0 Å². The average molecular weight is 273 g/mol. The number of hydrogen-bond acceptors (Lipinski definition) is 1. The average Bonchev–Trinajstić information content (AvgIpc) is 2.69. The lowest BCUT2D eigenvalue weighted by molar-refractivity contribution is 1.19. The van der Waals surface area contributed by atoms with Crippen molar-refractivity contribution in [2.24, 2.45) is 0 Å². The third kappa shape index (κ3) is 1.63. The first kappa shape index (κ1) is 9.60. The van der Waals surface area contributed by atoms with Crippen molar-refractivity contribution in [3.63, 3.8) is 0 Å². The van der Waals surface area contributed by atoms with E-state index in [0.717, 1.165) is 10.3 Å². The van der Waals surface area contributed by atoms with Crippen LogP contribution >= 0.6 is 15.9 Å². The highest BCUT2D eigenvalue weighted by atomic mass is 79.9. The van der Waals surface area contributed by atoms with Gasteiger partial charge in [0.1, 0.15) is 10.3 Å². The zero-order valence-corrected chi connectivity index (χ0v) is 10.1. The summed E-state index contributed by atoms with van der Waals surface area (Å²) in [6.07, 6.45) is 4.05. The van der Waals surface area contributed by atoms with E-state index in [1.165, 1.54) is 11.1 Å². The Morgan fingerprint density at radius 1 is 0.875 bits per heavy atom. The minimum atomic E-state index is 0.859. The summed E-state index contributed by atoms with van der Waals surface area (Å²) in [7, 11) is 0. The number of imidazole rings is 1.